The second-order valence-electron chi connectivity index (χ2n) is 4.55. The molecule has 0 spiro atoms. The van der Waals surface area contributed by atoms with Gasteiger partial charge in [-0.2, -0.15) is 13.2 Å². The molecule has 7 heteroatoms. The minimum absolute atomic E-state index is 0.00639. The maximum absolute atomic E-state index is 12.9. The standard InChI is InChI=1S/C12H20F3NO3/c1-3-5-6-7-8-9-11(17,12(13,14)15)18-10(4-2)19-16-9/h10,17H,3-8H2,1-2H3. The Balaban J connectivity index is 2.77. The Morgan fingerprint density at radius 1 is 1.26 bits per heavy atom. The van der Waals surface area contributed by atoms with E-state index >= 15 is 0 Å². The minimum Gasteiger partial charge on any atom is -0.363 e. The summed E-state index contributed by atoms with van der Waals surface area (Å²) < 4.78 is 43.5. The Morgan fingerprint density at radius 3 is 2.47 bits per heavy atom. The zero-order valence-corrected chi connectivity index (χ0v) is 11.2. The van der Waals surface area contributed by atoms with Crippen molar-refractivity contribution in [3.8, 4) is 0 Å². The van der Waals surface area contributed by atoms with E-state index in [1.165, 1.54) is 0 Å². The highest BCUT2D eigenvalue weighted by Crippen LogP contribution is 2.38. The lowest BCUT2D eigenvalue weighted by atomic mass is 10.0. The van der Waals surface area contributed by atoms with Crippen molar-refractivity contribution in [2.45, 2.75) is 70.6 Å². The molecular formula is C12H20F3NO3. The van der Waals surface area contributed by atoms with Crippen molar-refractivity contribution in [3.05, 3.63) is 0 Å². The molecule has 0 fully saturated rings. The monoisotopic (exact) mass is 283 g/mol. The molecule has 19 heavy (non-hydrogen) atoms. The Kier molecular flexibility index (Phi) is 5.61. The van der Waals surface area contributed by atoms with E-state index < -0.39 is 24.0 Å². The van der Waals surface area contributed by atoms with Crippen LogP contribution in [0.5, 0.6) is 0 Å². The first-order chi connectivity index (χ1) is 8.85. The lowest BCUT2D eigenvalue weighted by molar-refractivity contribution is -0.379. The quantitative estimate of drug-likeness (QED) is 0.760. The average molecular weight is 283 g/mol. The molecule has 0 aliphatic carbocycles. The third-order valence-corrected chi connectivity index (χ3v) is 2.96. The number of alkyl halides is 3. The van der Waals surface area contributed by atoms with Gasteiger partial charge in [0.2, 0.25) is 6.29 Å². The summed E-state index contributed by atoms with van der Waals surface area (Å²) in [4.78, 5) is 4.79. The summed E-state index contributed by atoms with van der Waals surface area (Å²) in [5.74, 6) is -3.32. The van der Waals surface area contributed by atoms with Crippen LogP contribution in [0, 0.1) is 0 Å². The third-order valence-electron chi connectivity index (χ3n) is 2.96. The molecule has 1 aliphatic rings. The van der Waals surface area contributed by atoms with Gasteiger partial charge in [0.15, 0.2) is 0 Å². The molecule has 0 amide bonds. The molecule has 0 radical (unpaired) electrons. The van der Waals surface area contributed by atoms with Gasteiger partial charge in [-0.15, -0.1) is 0 Å². The number of halogens is 3. The molecule has 0 bridgehead atoms. The van der Waals surface area contributed by atoms with E-state index in [-0.39, 0.29) is 12.8 Å². The highest BCUT2D eigenvalue weighted by atomic mass is 19.4. The van der Waals surface area contributed by atoms with E-state index in [0.29, 0.717) is 6.42 Å². The lowest BCUT2D eigenvalue weighted by Gasteiger charge is -2.36. The van der Waals surface area contributed by atoms with Crippen LogP contribution in [0.25, 0.3) is 0 Å². The first-order valence-corrected chi connectivity index (χ1v) is 6.55. The van der Waals surface area contributed by atoms with Gasteiger partial charge in [0.05, 0.1) is 0 Å². The number of oxime groups is 1. The number of ether oxygens (including phenoxy) is 1. The number of hydrogen-bond acceptors (Lipinski definition) is 4. The summed E-state index contributed by atoms with van der Waals surface area (Å²) >= 11 is 0. The van der Waals surface area contributed by atoms with Crippen LogP contribution in [0.4, 0.5) is 13.2 Å². The smallest absolute Gasteiger partial charge is 0.363 e. The summed E-state index contributed by atoms with van der Waals surface area (Å²) in [7, 11) is 0. The van der Waals surface area contributed by atoms with Gasteiger partial charge in [-0.1, -0.05) is 38.3 Å². The summed E-state index contributed by atoms with van der Waals surface area (Å²) in [6.45, 7) is 3.59. The zero-order valence-electron chi connectivity index (χ0n) is 11.2. The third kappa shape index (κ3) is 3.82. The predicted octanol–water partition coefficient (Wildman–Crippen LogP) is 3.35. The fourth-order valence-electron chi connectivity index (χ4n) is 1.79. The van der Waals surface area contributed by atoms with Gasteiger partial charge in [0.25, 0.3) is 0 Å². The molecule has 1 rings (SSSR count). The van der Waals surface area contributed by atoms with Crippen molar-refractivity contribution in [1.29, 1.82) is 0 Å². The molecule has 0 aromatic rings. The highest BCUT2D eigenvalue weighted by Gasteiger charge is 2.62. The minimum atomic E-state index is -4.92. The Morgan fingerprint density at radius 2 is 1.95 bits per heavy atom. The summed E-state index contributed by atoms with van der Waals surface area (Å²) in [5, 5.41) is 13.2. The molecule has 0 saturated carbocycles. The van der Waals surface area contributed by atoms with E-state index in [0.717, 1.165) is 19.3 Å². The van der Waals surface area contributed by atoms with Gasteiger partial charge in [-0.3, -0.25) is 4.74 Å². The number of hydrogen-bond donors (Lipinski definition) is 1. The number of rotatable bonds is 6. The first kappa shape index (κ1) is 16.2. The maximum atomic E-state index is 12.9. The van der Waals surface area contributed by atoms with Gasteiger partial charge in [0, 0.05) is 6.42 Å². The first-order valence-electron chi connectivity index (χ1n) is 6.55. The topological polar surface area (TPSA) is 51.0 Å². The fourth-order valence-corrected chi connectivity index (χ4v) is 1.79. The number of nitrogens with zero attached hydrogens (tertiary/aromatic N) is 1. The van der Waals surface area contributed by atoms with E-state index in [1.54, 1.807) is 6.92 Å². The molecule has 112 valence electrons. The van der Waals surface area contributed by atoms with Crippen LogP contribution in [-0.4, -0.2) is 29.1 Å². The SMILES string of the molecule is CCCCCCC1=NOC(CC)OC1(O)C(F)(F)F. The lowest BCUT2D eigenvalue weighted by Crippen LogP contribution is -2.58. The maximum Gasteiger partial charge on any atom is 0.449 e. The van der Waals surface area contributed by atoms with Crippen LogP contribution >= 0.6 is 0 Å². The van der Waals surface area contributed by atoms with Crippen molar-refractivity contribution in [2.24, 2.45) is 5.16 Å². The molecular weight excluding hydrogens is 263 g/mol. The molecule has 2 atom stereocenters. The van der Waals surface area contributed by atoms with Crippen molar-refractivity contribution in [2.75, 3.05) is 0 Å². The Labute approximate surface area is 110 Å². The van der Waals surface area contributed by atoms with Gasteiger partial charge in [-0.05, 0) is 12.8 Å². The van der Waals surface area contributed by atoms with E-state index in [4.69, 9.17) is 4.84 Å². The van der Waals surface area contributed by atoms with E-state index in [2.05, 4.69) is 9.89 Å². The predicted molar refractivity (Wildman–Crippen MR) is 63.4 cm³/mol. The Bertz CT molecular complexity index is 320. The van der Waals surface area contributed by atoms with Gasteiger partial charge >= 0.3 is 12.0 Å². The van der Waals surface area contributed by atoms with Gasteiger partial charge in [-0.25, -0.2) is 0 Å². The largest absolute Gasteiger partial charge is 0.449 e. The van der Waals surface area contributed by atoms with Crippen molar-refractivity contribution in [1.82, 2.24) is 0 Å². The molecule has 2 unspecified atom stereocenters. The normalized spacial score (nSPS) is 27.9. The van der Waals surface area contributed by atoms with E-state index in [9.17, 15) is 18.3 Å². The molecule has 4 nitrogen and oxygen atoms in total. The second kappa shape index (κ2) is 6.56. The van der Waals surface area contributed by atoms with Crippen LogP contribution in [0.15, 0.2) is 5.16 Å². The van der Waals surface area contributed by atoms with E-state index in [1.807, 2.05) is 6.92 Å². The molecule has 1 heterocycles. The fraction of sp³-hybridized carbons (Fsp3) is 0.917. The molecule has 1 N–H and O–H groups in total. The molecule has 1 aliphatic heterocycles. The van der Waals surface area contributed by atoms with Gasteiger partial charge in [0.1, 0.15) is 5.71 Å². The van der Waals surface area contributed by atoms with Crippen molar-refractivity contribution >= 4 is 5.71 Å². The van der Waals surface area contributed by atoms with Crippen LogP contribution in [0.3, 0.4) is 0 Å². The Hall–Kier alpha value is -0.820. The van der Waals surface area contributed by atoms with Crippen LogP contribution in [0.2, 0.25) is 0 Å². The van der Waals surface area contributed by atoms with Crippen molar-refractivity contribution in [3.63, 3.8) is 0 Å². The highest BCUT2D eigenvalue weighted by molar-refractivity contribution is 5.91. The number of aliphatic hydroxyl groups is 1. The summed E-state index contributed by atoms with van der Waals surface area (Å²) in [5.41, 5.74) is -0.499. The second-order valence-corrected chi connectivity index (χ2v) is 4.55. The van der Waals surface area contributed by atoms with Gasteiger partial charge < -0.3 is 9.94 Å². The van der Waals surface area contributed by atoms with Crippen molar-refractivity contribution < 1.29 is 27.9 Å². The average Bonchev–Trinajstić information content (AvgIpc) is 2.34. The number of unbranched alkanes of at least 4 members (excludes halogenated alkanes) is 3. The summed E-state index contributed by atoms with van der Waals surface area (Å²) in [6.07, 6.45) is -2.73. The molecule has 0 aromatic heterocycles. The summed E-state index contributed by atoms with van der Waals surface area (Å²) in [6, 6.07) is 0. The van der Waals surface area contributed by atoms with Crippen LogP contribution < -0.4 is 0 Å². The molecule has 0 aromatic carbocycles. The molecule has 0 saturated heterocycles. The van der Waals surface area contributed by atoms with Crippen LogP contribution in [0.1, 0.15) is 52.4 Å². The zero-order chi connectivity index (χ0) is 14.5. The van der Waals surface area contributed by atoms with Crippen LogP contribution in [-0.2, 0) is 9.57 Å².